The molecular weight excluding hydrogens is 196 g/mol. The third kappa shape index (κ3) is 3.08. The third-order valence-corrected chi connectivity index (χ3v) is 4.07. The van der Waals surface area contributed by atoms with Crippen LogP contribution >= 0.6 is 0 Å². The second-order valence-electron chi connectivity index (χ2n) is 5.03. The van der Waals surface area contributed by atoms with E-state index >= 15 is 0 Å². The average Bonchev–Trinajstić information content (AvgIpc) is 2.32. The third-order valence-electron chi connectivity index (χ3n) is 4.07. The van der Waals surface area contributed by atoms with Crippen molar-refractivity contribution < 1.29 is 0 Å². The van der Waals surface area contributed by atoms with E-state index in [2.05, 4.69) is 37.6 Å². The van der Waals surface area contributed by atoms with Crippen LogP contribution in [0.1, 0.15) is 46.5 Å². The number of piperazine rings is 1. The minimum atomic E-state index is 0.341. The molecule has 1 N–H and O–H groups in total. The summed E-state index contributed by atoms with van der Waals surface area (Å²) in [5.74, 6) is 0. The summed E-state index contributed by atoms with van der Waals surface area (Å²) in [6, 6.07) is 0.703. The molecular formula is C14H28N2. The summed E-state index contributed by atoms with van der Waals surface area (Å²) in [5.41, 5.74) is 0.341. The largest absolute Gasteiger partial charge is 0.308 e. The molecule has 0 bridgehead atoms. The van der Waals surface area contributed by atoms with Crippen molar-refractivity contribution in [2.75, 3.05) is 19.6 Å². The molecule has 0 spiro atoms. The van der Waals surface area contributed by atoms with Gasteiger partial charge in [0.1, 0.15) is 0 Å². The summed E-state index contributed by atoms with van der Waals surface area (Å²) < 4.78 is 0. The van der Waals surface area contributed by atoms with Crippen LogP contribution in [0, 0.1) is 0 Å². The fraction of sp³-hybridized carbons (Fsp3) is 0.857. The van der Waals surface area contributed by atoms with Crippen LogP contribution in [0.5, 0.6) is 0 Å². The summed E-state index contributed by atoms with van der Waals surface area (Å²) in [6.45, 7) is 14.1. The lowest BCUT2D eigenvalue weighted by Gasteiger charge is -2.47. The predicted molar refractivity (Wildman–Crippen MR) is 71.8 cm³/mol. The summed E-state index contributed by atoms with van der Waals surface area (Å²) in [5, 5.41) is 3.78. The highest BCUT2D eigenvalue weighted by molar-refractivity contribution is 4.97. The maximum absolute atomic E-state index is 3.89. The second-order valence-corrected chi connectivity index (χ2v) is 5.03. The highest BCUT2D eigenvalue weighted by Crippen LogP contribution is 2.24. The van der Waals surface area contributed by atoms with E-state index in [9.17, 15) is 0 Å². The minimum Gasteiger partial charge on any atom is -0.308 e. The maximum atomic E-state index is 3.89. The predicted octanol–water partition coefficient (Wildman–Crippen LogP) is 2.81. The maximum Gasteiger partial charge on any atom is 0.0304 e. The molecule has 2 nitrogen and oxygen atoms in total. The highest BCUT2D eigenvalue weighted by atomic mass is 15.2. The lowest BCUT2D eigenvalue weighted by molar-refractivity contribution is 0.0782. The quantitative estimate of drug-likeness (QED) is 0.698. The Bertz CT molecular complexity index is 209. The van der Waals surface area contributed by atoms with E-state index in [1.54, 1.807) is 0 Å². The van der Waals surface area contributed by atoms with Crippen LogP contribution in [0.4, 0.5) is 0 Å². The van der Waals surface area contributed by atoms with Crippen LogP contribution in [0.2, 0.25) is 0 Å². The highest BCUT2D eigenvalue weighted by Gasteiger charge is 2.35. The van der Waals surface area contributed by atoms with Crippen molar-refractivity contribution in [3.05, 3.63) is 12.7 Å². The van der Waals surface area contributed by atoms with E-state index in [-0.39, 0.29) is 0 Å². The van der Waals surface area contributed by atoms with Crippen molar-refractivity contribution in [3.8, 4) is 0 Å². The molecule has 0 saturated carbocycles. The Labute approximate surface area is 101 Å². The zero-order chi connectivity index (χ0) is 12.0. The van der Waals surface area contributed by atoms with Crippen LogP contribution in [0.25, 0.3) is 0 Å². The molecule has 1 rings (SSSR count). The molecule has 1 aliphatic heterocycles. The monoisotopic (exact) mass is 224 g/mol. The fourth-order valence-electron chi connectivity index (χ4n) is 2.76. The Hall–Kier alpha value is -0.340. The first-order chi connectivity index (χ1) is 7.71. The average molecular weight is 224 g/mol. The van der Waals surface area contributed by atoms with E-state index in [1.165, 1.54) is 32.2 Å². The van der Waals surface area contributed by atoms with Crippen LogP contribution in [-0.2, 0) is 0 Å². The molecule has 0 aromatic carbocycles. The number of hydrogen-bond acceptors (Lipinski definition) is 2. The van der Waals surface area contributed by atoms with Gasteiger partial charge < -0.3 is 5.32 Å². The van der Waals surface area contributed by atoms with Crippen molar-refractivity contribution in [3.63, 3.8) is 0 Å². The Kier molecular flexibility index (Phi) is 5.50. The first-order valence-electron chi connectivity index (χ1n) is 6.81. The summed E-state index contributed by atoms with van der Waals surface area (Å²) in [7, 11) is 0. The van der Waals surface area contributed by atoms with Gasteiger partial charge in [0.15, 0.2) is 0 Å². The molecule has 2 heteroatoms. The SMILES string of the molecule is C=CCN1CC(CC)(CC)NCC1CCC. The number of rotatable bonds is 6. The van der Waals surface area contributed by atoms with Crippen molar-refractivity contribution >= 4 is 0 Å². The fourth-order valence-corrected chi connectivity index (χ4v) is 2.76. The smallest absolute Gasteiger partial charge is 0.0304 e. The lowest BCUT2D eigenvalue weighted by atomic mass is 9.88. The lowest BCUT2D eigenvalue weighted by Crippen LogP contribution is -2.63. The molecule has 1 saturated heterocycles. The topological polar surface area (TPSA) is 15.3 Å². The van der Waals surface area contributed by atoms with Gasteiger partial charge in [0.2, 0.25) is 0 Å². The number of nitrogens with one attached hydrogen (secondary N) is 1. The van der Waals surface area contributed by atoms with E-state index < -0.39 is 0 Å². The van der Waals surface area contributed by atoms with Gasteiger partial charge in [-0.25, -0.2) is 0 Å². The molecule has 94 valence electrons. The summed E-state index contributed by atoms with van der Waals surface area (Å²) in [6.07, 6.45) is 7.05. The van der Waals surface area contributed by atoms with Crippen LogP contribution < -0.4 is 5.32 Å². The van der Waals surface area contributed by atoms with Gasteiger partial charge >= 0.3 is 0 Å². The molecule has 1 heterocycles. The normalized spacial score (nSPS) is 25.6. The second kappa shape index (κ2) is 6.41. The van der Waals surface area contributed by atoms with E-state index in [1.807, 2.05) is 6.08 Å². The van der Waals surface area contributed by atoms with Crippen molar-refractivity contribution in [1.82, 2.24) is 10.2 Å². The van der Waals surface area contributed by atoms with Crippen molar-refractivity contribution in [2.24, 2.45) is 0 Å². The van der Waals surface area contributed by atoms with E-state index in [4.69, 9.17) is 0 Å². The van der Waals surface area contributed by atoms with Crippen molar-refractivity contribution in [1.29, 1.82) is 0 Å². The zero-order valence-electron chi connectivity index (χ0n) is 11.3. The Balaban J connectivity index is 2.66. The van der Waals surface area contributed by atoms with Gasteiger partial charge in [0.25, 0.3) is 0 Å². The van der Waals surface area contributed by atoms with Gasteiger partial charge in [-0.1, -0.05) is 33.3 Å². The van der Waals surface area contributed by atoms with Gasteiger partial charge in [-0.2, -0.15) is 0 Å². The van der Waals surface area contributed by atoms with Gasteiger partial charge in [-0.3, -0.25) is 4.90 Å². The van der Waals surface area contributed by atoms with Crippen LogP contribution in [0.15, 0.2) is 12.7 Å². The zero-order valence-corrected chi connectivity index (χ0v) is 11.3. The van der Waals surface area contributed by atoms with Crippen molar-refractivity contribution in [2.45, 2.75) is 58.0 Å². The van der Waals surface area contributed by atoms with Gasteiger partial charge in [-0.05, 0) is 19.3 Å². The standard InChI is InChI=1S/C14H28N2/c1-5-9-13-11-15-14(7-3,8-4)12-16(13)10-6-2/h6,13,15H,2,5,7-12H2,1,3-4H3. The Morgan fingerprint density at radius 2 is 2.06 bits per heavy atom. The summed E-state index contributed by atoms with van der Waals surface area (Å²) in [4.78, 5) is 2.61. The van der Waals surface area contributed by atoms with E-state index in [0.29, 0.717) is 11.6 Å². The Morgan fingerprint density at radius 3 is 2.56 bits per heavy atom. The van der Waals surface area contributed by atoms with Crippen LogP contribution in [-0.4, -0.2) is 36.1 Å². The molecule has 0 aliphatic carbocycles. The number of hydrogen-bond donors (Lipinski definition) is 1. The van der Waals surface area contributed by atoms with Gasteiger partial charge in [0, 0.05) is 31.2 Å². The molecule has 0 radical (unpaired) electrons. The minimum absolute atomic E-state index is 0.341. The molecule has 0 aromatic rings. The molecule has 1 fully saturated rings. The van der Waals surface area contributed by atoms with Crippen LogP contribution in [0.3, 0.4) is 0 Å². The number of nitrogens with zero attached hydrogens (tertiary/aromatic N) is 1. The molecule has 0 aromatic heterocycles. The van der Waals surface area contributed by atoms with E-state index in [0.717, 1.165) is 13.1 Å². The molecule has 1 unspecified atom stereocenters. The molecule has 16 heavy (non-hydrogen) atoms. The van der Waals surface area contributed by atoms with Gasteiger partial charge in [-0.15, -0.1) is 6.58 Å². The summed E-state index contributed by atoms with van der Waals surface area (Å²) >= 11 is 0. The molecule has 0 amide bonds. The van der Waals surface area contributed by atoms with Gasteiger partial charge in [0.05, 0.1) is 0 Å². The first kappa shape index (κ1) is 13.7. The molecule has 1 atom stereocenters. The Morgan fingerprint density at radius 1 is 1.38 bits per heavy atom. The molecule has 1 aliphatic rings. The first-order valence-corrected chi connectivity index (χ1v) is 6.81.